The molecule has 6 heteroatoms. The normalized spacial score (nSPS) is 25.9. The number of carbonyl (C=O) groups is 1. The Hall–Kier alpha value is -0.750. The highest BCUT2D eigenvalue weighted by Gasteiger charge is 2.43. The SMILES string of the molecule is CN1CCN(CC(F)F)C2(CCN(C=O)CC2)C1. The minimum absolute atomic E-state index is 0.144. The van der Waals surface area contributed by atoms with Crippen LogP contribution in [0.4, 0.5) is 8.78 Å². The number of carbonyl (C=O) groups excluding carboxylic acids is 1. The average molecular weight is 261 g/mol. The molecular formula is C12H21F2N3O. The largest absolute Gasteiger partial charge is 0.345 e. The summed E-state index contributed by atoms with van der Waals surface area (Å²) in [4.78, 5) is 16.6. The van der Waals surface area contributed by atoms with Gasteiger partial charge in [-0.1, -0.05) is 0 Å². The number of nitrogens with zero attached hydrogens (tertiary/aromatic N) is 3. The number of likely N-dealkylation sites (N-methyl/N-ethyl adjacent to an activating group) is 1. The first-order chi connectivity index (χ1) is 8.55. The van der Waals surface area contributed by atoms with Crippen molar-refractivity contribution in [3.63, 3.8) is 0 Å². The Morgan fingerprint density at radius 1 is 1.22 bits per heavy atom. The summed E-state index contributed by atoms with van der Waals surface area (Å²) in [6.45, 7) is 3.57. The molecule has 1 amide bonds. The molecule has 0 N–H and O–H groups in total. The number of hydrogen-bond acceptors (Lipinski definition) is 3. The molecule has 0 unspecified atom stereocenters. The molecule has 2 saturated heterocycles. The monoisotopic (exact) mass is 261 g/mol. The lowest BCUT2D eigenvalue weighted by molar-refractivity contribution is -0.122. The van der Waals surface area contributed by atoms with Gasteiger partial charge >= 0.3 is 0 Å². The first-order valence-corrected chi connectivity index (χ1v) is 6.47. The number of piperidine rings is 1. The number of likely N-dealkylation sites (tertiary alicyclic amines) is 1. The van der Waals surface area contributed by atoms with Crippen LogP contribution in [0.25, 0.3) is 0 Å². The van der Waals surface area contributed by atoms with E-state index >= 15 is 0 Å². The molecule has 0 saturated carbocycles. The van der Waals surface area contributed by atoms with Crippen molar-refractivity contribution in [2.24, 2.45) is 0 Å². The van der Waals surface area contributed by atoms with Gasteiger partial charge in [-0.05, 0) is 19.9 Å². The highest BCUT2D eigenvalue weighted by molar-refractivity contribution is 5.47. The van der Waals surface area contributed by atoms with E-state index < -0.39 is 6.43 Å². The predicted molar refractivity (Wildman–Crippen MR) is 64.7 cm³/mol. The van der Waals surface area contributed by atoms with E-state index in [1.807, 2.05) is 11.9 Å². The Balaban J connectivity index is 2.07. The molecule has 2 aliphatic rings. The Morgan fingerprint density at radius 3 is 2.44 bits per heavy atom. The standard InChI is InChI=1S/C12H21F2N3O/c1-15-6-7-17(8-11(13)14)12(9-15)2-4-16(10-18)5-3-12/h10-11H,2-9H2,1H3. The topological polar surface area (TPSA) is 26.8 Å². The van der Waals surface area contributed by atoms with E-state index in [-0.39, 0.29) is 12.1 Å². The van der Waals surface area contributed by atoms with Crippen LogP contribution in [0.3, 0.4) is 0 Å². The van der Waals surface area contributed by atoms with E-state index in [0.717, 1.165) is 32.3 Å². The zero-order valence-corrected chi connectivity index (χ0v) is 10.8. The Morgan fingerprint density at radius 2 is 1.89 bits per heavy atom. The smallest absolute Gasteiger partial charge is 0.251 e. The summed E-state index contributed by atoms with van der Waals surface area (Å²) in [5.41, 5.74) is -0.164. The predicted octanol–water partition coefficient (Wildman–Crippen LogP) is 0.490. The van der Waals surface area contributed by atoms with Gasteiger partial charge < -0.3 is 9.80 Å². The van der Waals surface area contributed by atoms with Gasteiger partial charge in [0, 0.05) is 38.3 Å². The van der Waals surface area contributed by atoms with Crippen LogP contribution in [0, 0.1) is 0 Å². The van der Waals surface area contributed by atoms with Crippen molar-refractivity contribution in [3.05, 3.63) is 0 Å². The molecule has 0 aromatic carbocycles. The van der Waals surface area contributed by atoms with E-state index in [1.165, 1.54) is 0 Å². The molecule has 2 aliphatic heterocycles. The van der Waals surface area contributed by atoms with Crippen LogP contribution in [-0.4, -0.2) is 79.4 Å². The lowest BCUT2D eigenvalue weighted by atomic mass is 9.83. The van der Waals surface area contributed by atoms with Crippen molar-refractivity contribution >= 4 is 6.41 Å². The minimum Gasteiger partial charge on any atom is -0.345 e. The highest BCUT2D eigenvalue weighted by atomic mass is 19.3. The molecular weight excluding hydrogens is 240 g/mol. The van der Waals surface area contributed by atoms with Crippen LogP contribution in [0.1, 0.15) is 12.8 Å². The molecule has 18 heavy (non-hydrogen) atoms. The molecule has 2 rings (SSSR count). The van der Waals surface area contributed by atoms with Crippen molar-refractivity contribution in [1.29, 1.82) is 0 Å². The van der Waals surface area contributed by atoms with E-state index in [4.69, 9.17) is 0 Å². The summed E-state index contributed by atoms with van der Waals surface area (Å²) in [5.74, 6) is 0. The zero-order chi connectivity index (χ0) is 13.2. The zero-order valence-electron chi connectivity index (χ0n) is 10.8. The van der Waals surface area contributed by atoms with Crippen molar-refractivity contribution in [3.8, 4) is 0 Å². The summed E-state index contributed by atoms with van der Waals surface area (Å²) in [5, 5.41) is 0. The van der Waals surface area contributed by atoms with Gasteiger partial charge in [0.15, 0.2) is 0 Å². The maximum absolute atomic E-state index is 12.7. The Kier molecular flexibility index (Phi) is 4.17. The van der Waals surface area contributed by atoms with Crippen LogP contribution in [-0.2, 0) is 4.79 Å². The van der Waals surface area contributed by atoms with Gasteiger partial charge in [0.25, 0.3) is 6.43 Å². The second kappa shape index (κ2) is 5.48. The quantitative estimate of drug-likeness (QED) is 0.692. The van der Waals surface area contributed by atoms with Crippen LogP contribution < -0.4 is 0 Å². The first kappa shape index (κ1) is 13.7. The molecule has 0 radical (unpaired) electrons. The van der Waals surface area contributed by atoms with Gasteiger partial charge in [0.1, 0.15) is 0 Å². The molecule has 104 valence electrons. The minimum atomic E-state index is -2.28. The van der Waals surface area contributed by atoms with E-state index in [0.29, 0.717) is 19.6 Å². The van der Waals surface area contributed by atoms with Crippen LogP contribution in [0.5, 0.6) is 0 Å². The fraction of sp³-hybridized carbons (Fsp3) is 0.917. The second-order valence-corrected chi connectivity index (χ2v) is 5.44. The van der Waals surface area contributed by atoms with Gasteiger partial charge in [-0.3, -0.25) is 9.69 Å². The Bertz CT molecular complexity index is 293. The van der Waals surface area contributed by atoms with Crippen LogP contribution >= 0.6 is 0 Å². The number of piperazine rings is 1. The molecule has 1 spiro atoms. The van der Waals surface area contributed by atoms with E-state index in [1.54, 1.807) is 4.90 Å². The number of halogens is 2. The van der Waals surface area contributed by atoms with Crippen molar-refractivity contribution in [2.75, 3.05) is 46.3 Å². The van der Waals surface area contributed by atoms with Crippen molar-refractivity contribution < 1.29 is 13.6 Å². The molecule has 0 bridgehead atoms. The molecule has 2 heterocycles. The van der Waals surface area contributed by atoms with Gasteiger partial charge in [-0.15, -0.1) is 0 Å². The summed E-state index contributed by atoms with van der Waals surface area (Å²) >= 11 is 0. The summed E-state index contributed by atoms with van der Waals surface area (Å²) in [6, 6.07) is 0. The number of rotatable bonds is 3. The van der Waals surface area contributed by atoms with Gasteiger partial charge in [-0.25, -0.2) is 8.78 Å². The molecule has 0 atom stereocenters. The number of hydrogen-bond donors (Lipinski definition) is 0. The number of amides is 1. The lowest BCUT2D eigenvalue weighted by Gasteiger charge is -2.53. The maximum Gasteiger partial charge on any atom is 0.251 e. The van der Waals surface area contributed by atoms with Gasteiger partial charge in [0.2, 0.25) is 6.41 Å². The molecule has 2 fully saturated rings. The molecule has 0 aromatic rings. The summed E-state index contributed by atoms with van der Waals surface area (Å²) < 4.78 is 25.4. The summed E-state index contributed by atoms with van der Waals surface area (Å²) in [7, 11) is 2.04. The maximum atomic E-state index is 12.7. The number of alkyl halides is 2. The third-order valence-electron chi connectivity index (χ3n) is 4.22. The van der Waals surface area contributed by atoms with Gasteiger partial charge in [0.05, 0.1) is 6.54 Å². The fourth-order valence-corrected chi connectivity index (χ4v) is 3.18. The van der Waals surface area contributed by atoms with Crippen molar-refractivity contribution in [2.45, 2.75) is 24.8 Å². The molecule has 0 aromatic heterocycles. The molecule has 0 aliphatic carbocycles. The van der Waals surface area contributed by atoms with E-state index in [2.05, 4.69) is 4.90 Å². The van der Waals surface area contributed by atoms with Crippen molar-refractivity contribution in [1.82, 2.24) is 14.7 Å². The second-order valence-electron chi connectivity index (χ2n) is 5.44. The van der Waals surface area contributed by atoms with E-state index in [9.17, 15) is 13.6 Å². The average Bonchev–Trinajstić information content (AvgIpc) is 2.34. The van der Waals surface area contributed by atoms with Crippen LogP contribution in [0.15, 0.2) is 0 Å². The highest BCUT2D eigenvalue weighted by Crippen LogP contribution is 2.32. The third-order valence-corrected chi connectivity index (χ3v) is 4.22. The van der Waals surface area contributed by atoms with Crippen LogP contribution in [0.2, 0.25) is 0 Å². The Labute approximate surface area is 107 Å². The first-order valence-electron chi connectivity index (χ1n) is 6.47. The lowest BCUT2D eigenvalue weighted by Crippen LogP contribution is -2.65. The molecule has 4 nitrogen and oxygen atoms in total. The van der Waals surface area contributed by atoms with Gasteiger partial charge in [-0.2, -0.15) is 0 Å². The summed E-state index contributed by atoms with van der Waals surface area (Å²) in [6.07, 6.45) is 0.164. The third kappa shape index (κ3) is 2.80. The fourth-order valence-electron chi connectivity index (χ4n) is 3.18.